The summed E-state index contributed by atoms with van der Waals surface area (Å²) in [5, 5.41) is 2.93. The number of nitrogens with zero attached hydrogens (tertiary/aromatic N) is 2. The zero-order valence-corrected chi connectivity index (χ0v) is 13.1. The van der Waals surface area contributed by atoms with Crippen molar-refractivity contribution in [3.05, 3.63) is 0 Å². The third-order valence-corrected chi connectivity index (χ3v) is 4.06. The van der Waals surface area contributed by atoms with Crippen LogP contribution in [0.15, 0.2) is 0 Å². The van der Waals surface area contributed by atoms with Gasteiger partial charge in [-0.3, -0.25) is 14.5 Å². The van der Waals surface area contributed by atoms with Gasteiger partial charge in [0.15, 0.2) is 0 Å². The lowest BCUT2D eigenvalue weighted by Crippen LogP contribution is -2.42. The van der Waals surface area contributed by atoms with Crippen molar-refractivity contribution in [2.75, 3.05) is 52.5 Å². The lowest BCUT2D eigenvalue weighted by atomic mass is 10.1. The number of ether oxygens (including phenoxy) is 1. The number of hydrogen-bond donors (Lipinski definition) is 1. The number of nitrogens with one attached hydrogen (secondary N) is 1. The minimum absolute atomic E-state index is 0.0194. The van der Waals surface area contributed by atoms with Crippen molar-refractivity contribution in [2.45, 2.75) is 20.3 Å². The molecule has 1 atom stereocenters. The maximum atomic E-state index is 12.0. The van der Waals surface area contributed by atoms with E-state index in [1.54, 1.807) is 0 Å². The first-order chi connectivity index (χ1) is 10.1. The molecule has 0 radical (unpaired) electrons. The summed E-state index contributed by atoms with van der Waals surface area (Å²) in [4.78, 5) is 28.2. The summed E-state index contributed by atoms with van der Waals surface area (Å²) in [5.74, 6) is 0.378. The highest BCUT2D eigenvalue weighted by Gasteiger charge is 2.34. The van der Waals surface area contributed by atoms with E-state index in [4.69, 9.17) is 4.74 Å². The van der Waals surface area contributed by atoms with Crippen LogP contribution >= 0.6 is 0 Å². The molecule has 0 bridgehead atoms. The molecule has 2 saturated heterocycles. The van der Waals surface area contributed by atoms with E-state index in [0.29, 0.717) is 32.0 Å². The predicted octanol–water partition coefficient (Wildman–Crippen LogP) is -0.0607. The highest BCUT2D eigenvalue weighted by atomic mass is 16.5. The molecule has 2 rings (SSSR count). The van der Waals surface area contributed by atoms with Crippen LogP contribution in [-0.2, 0) is 14.3 Å². The molecule has 0 aromatic rings. The number of carbonyl (C=O) groups is 2. The largest absolute Gasteiger partial charge is 0.379 e. The summed E-state index contributed by atoms with van der Waals surface area (Å²) < 4.78 is 5.31. The molecule has 6 heteroatoms. The summed E-state index contributed by atoms with van der Waals surface area (Å²) in [6, 6.07) is 0. The van der Waals surface area contributed by atoms with Gasteiger partial charge in [-0.05, 0) is 5.92 Å². The Morgan fingerprint density at radius 3 is 2.71 bits per heavy atom. The average molecular weight is 297 g/mol. The third kappa shape index (κ3) is 4.97. The summed E-state index contributed by atoms with van der Waals surface area (Å²) >= 11 is 0. The molecule has 0 aromatic heterocycles. The van der Waals surface area contributed by atoms with E-state index in [9.17, 15) is 9.59 Å². The van der Waals surface area contributed by atoms with Gasteiger partial charge in [-0.1, -0.05) is 13.8 Å². The Morgan fingerprint density at radius 1 is 1.33 bits per heavy atom. The van der Waals surface area contributed by atoms with Gasteiger partial charge in [0.25, 0.3) is 0 Å². The predicted molar refractivity (Wildman–Crippen MR) is 79.8 cm³/mol. The molecule has 0 aliphatic carbocycles. The molecule has 2 heterocycles. The zero-order chi connectivity index (χ0) is 15.2. The smallest absolute Gasteiger partial charge is 0.225 e. The molecule has 1 unspecified atom stereocenters. The van der Waals surface area contributed by atoms with Crippen molar-refractivity contribution in [1.82, 2.24) is 15.1 Å². The fourth-order valence-corrected chi connectivity index (χ4v) is 2.70. The van der Waals surface area contributed by atoms with E-state index in [2.05, 4.69) is 24.1 Å². The van der Waals surface area contributed by atoms with Crippen molar-refractivity contribution in [3.8, 4) is 0 Å². The molecule has 21 heavy (non-hydrogen) atoms. The first kappa shape index (κ1) is 16.2. The number of rotatable bonds is 6. The van der Waals surface area contributed by atoms with Crippen LogP contribution in [0.25, 0.3) is 0 Å². The fraction of sp³-hybridized carbons (Fsp3) is 0.867. The average Bonchev–Trinajstić information content (AvgIpc) is 2.85. The summed E-state index contributed by atoms with van der Waals surface area (Å²) in [5.41, 5.74) is 0. The van der Waals surface area contributed by atoms with E-state index in [-0.39, 0.29) is 17.7 Å². The molecule has 2 aliphatic heterocycles. The van der Waals surface area contributed by atoms with Gasteiger partial charge in [0.1, 0.15) is 0 Å². The minimum Gasteiger partial charge on any atom is -0.379 e. The number of hydrogen-bond acceptors (Lipinski definition) is 4. The number of likely N-dealkylation sites (tertiary alicyclic amines) is 1. The standard InChI is InChI=1S/C15H27N3O3/c1-12(2)10-16-15(20)13-9-14(19)18(11-13)4-3-17-5-7-21-8-6-17/h12-13H,3-11H2,1-2H3,(H,16,20). The van der Waals surface area contributed by atoms with E-state index in [1.807, 2.05) is 4.90 Å². The maximum absolute atomic E-state index is 12.0. The van der Waals surface area contributed by atoms with Gasteiger partial charge in [-0.25, -0.2) is 0 Å². The summed E-state index contributed by atoms with van der Waals surface area (Å²) in [6.07, 6.45) is 0.354. The van der Waals surface area contributed by atoms with Crippen LogP contribution < -0.4 is 5.32 Å². The minimum atomic E-state index is -0.180. The molecule has 1 N–H and O–H groups in total. The first-order valence-electron chi connectivity index (χ1n) is 7.92. The molecule has 0 spiro atoms. The highest BCUT2D eigenvalue weighted by molar-refractivity contribution is 5.89. The van der Waals surface area contributed by atoms with Crippen LogP contribution in [0.3, 0.4) is 0 Å². The lowest BCUT2D eigenvalue weighted by Gasteiger charge is -2.28. The van der Waals surface area contributed by atoms with Crippen LogP contribution in [0.2, 0.25) is 0 Å². The monoisotopic (exact) mass is 297 g/mol. The molecular weight excluding hydrogens is 270 g/mol. The van der Waals surface area contributed by atoms with Crippen LogP contribution in [0.1, 0.15) is 20.3 Å². The molecule has 6 nitrogen and oxygen atoms in total. The Labute approximate surface area is 126 Å². The SMILES string of the molecule is CC(C)CNC(=O)C1CC(=O)N(CCN2CCOCC2)C1. The lowest BCUT2D eigenvalue weighted by molar-refractivity contribution is -0.129. The van der Waals surface area contributed by atoms with E-state index >= 15 is 0 Å². The Kier molecular flexibility index (Phi) is 5.99. The Balaban J connectivity index is 1.72. The van der Waals surface area contributed by atoms with Crippen molar-refractivity contribution in [3.63, 3.8) is 0 Å². The number of morpholine rings is 1. The topological polar surface area (TPSA) is 61.9 Å². The van der Waals surface area contributed by atoms with E-state index in [0.717, 1.165) is 32.8 Å². The van der Waals surface area contributed by atoms with Crippen LogP contribution in [0.4, 0.5) is 0 Å². The van der Waals surface area contributed by atoms with Crippen molar-refractivity contribution < 1.29 is 14.3 Å². The van der Waals surface area contributed by atoms with E-state index < -0.39 is 0 Å². The van der Waals surface area contributed by atoms with Gasteiger partial charge in [-0.15, -0.1) is 0 Å². The normalized spacial score (nSPS) is 23.9. The van der Waals surface area contributed by atoms with Gasteiger partial charge in [0, 0.05) is 45.7 Å². The Morgan fingerprint density at radius 2 is 2.05 bits per heavy atom. The molecule has 0 aromatic carbocycles. The Bertz CT molecular complexity index is 367. The molecule has 2 aliphatic rings. The van der Waals surface area contributed by atoms with Crippen molar-refractivity contribution in [1.29, 1.82) is 0 Å². The van der Waals surface area contributed by atoms with Crippen LogP contribution in [0, 0.1) is 11.8 Å². The van der Waals surface area contributed by atoms with Gasteiger partial charge >= 0.3 is 0 Å². The third-order valence-electron chi connectivity index (χ3n) is 4.06. The van der Waals surface area contributed by atoms with Gasteiger partial charge in [0.05, 0.1) is 19.1 Å². The summed E-state index contributed by atoms with van der Waals surface area (Å²) in [7, 11) is 0. The van der Waals surface area contributed by atoms with Crippen molar-refractivity contribution in [2.24, 2.45) is 11.8 Å². The van der Waals surface area contributed by atoms with Gasteiger partial charge in [-0.2, -0.15) is 0 Å². The second-order valence-corrected chi connectivity index (χ2v) is 6.33. The molecule has 120 valence electrons. The zero-order valence-electron chi connectivity index (χ0n) is 13.1. The van der Waals surface area contributed by atoms with Gasteiger partial charge < -0.3 is 15.0 Å². The molecule has 2 amide bonds. The molecule has 0 saturated carbocycles. The molecular formula is C15H27N3O3. The first-order valence-corrected chi connectivity index (χ1v) is 7.92. The second kappa shape index (κ2) is 7.75. The maximum Gasteiger partial charge on any atom is 0.225 e. The van der Waals surface area contributed by atoms with Crippen molar-refractivity contribution >= 4 is 11.8 Å². The fourth-order valence-electron chi connectivity index (χ4n) is 2.70. The van der Waals surface area contributed by atoms with Crippen LogP contribution in [0.5, 0.6) is 0 Å². The van der Waals surface area contributed by atoms with Gasteiger partial charge in [0.2, 0.25) is 11.8 Å². The summed E-state index contributed by atoms with van der Waals surface area (Å²) in [6.45, 7) is 10.4. The van der Waals surface area contributed by atoms with E-state index in [1.165, 1.54) is 0 Å². The molecule has 2 fully saturated rings. The Hall–Kier alpha value is -1.14. The van der Waals surface area contributed by atoms with Crippen LogP contribution in [-0.4, -0.2) is 74.1 Å². The number of amides is 2. The highest BCUT2D eigenvalue weighted by Crippen LogP contribution is 2.18. The second-order valence-electron chi connectivity index (χ2n) is 6.33. The quantitative estimate of drug-likeness (QED) is 0.746. The number of carbonyl (C=O) groups excluding carboxylic acids is 2.